The van der Waals surface area contributed by atoms with Crippen LogP contribution in [0.5, 0.6) is 0 Å². The van der Waals surface area contributed by atoms with Crippen molar-refractivity contribution < 1.29 is 14.3 Å². The molecule has 1 aliphatic rings. The van der Waals surface area contributed by atoms with Crippen LogP contribution in [0.2, 0.25) is 5.02 Å². The van der Waals surface area contributed by atoms with E-state index in [0.717, 1.165) is 5.56 Å². The van der Waals surface area contributed by atoms with Gasteiger partial charge in [-0.3, -0.25) is 4.79 Å². The number of fused-ring (bicyclic) bond motifs is 1. The van der Waals surface area contributed by atoms with Gasteiger partial charge in [0.2, 0.25) is 0 Å². The standard InChI is InChI=1S/C21H17ClN2O3/c22-16-5-3-4-15(14-16)8-9-21(26)10-12-24(13-11-21)20(25)19-23-17-6-1-2-7-18(17)27-19/h1-7,14,26H,10-13H2. The zero-order valence-electron chi connectivity index (χ0n) is 14.5. The van der Waals surface area contributed by atoms with E-state index in [9.17, 15) is 9.90 Å². The molecule has 0 aliphatic carbocycles. The van der Waals surface area contributed by atoms with Crippen LogP contribution in [0.25, 0.3) is 11.1 Å². The second kappa shape index (κ2) is 7.07. The van der Waals surface area contributed by atoms with E-state index in [-0.39, 0.29) is 11.8 Å². The van der Waals surface area contributed by atoms with Crippen LogP contribution in [0, 0.1) is 11.8 Å². The summed E-state index contributed by atoms with van der Waals surface area (Å²) < 4.78 is 5.55. The van der Waals surface area contributed by atoms with Crippen LogP contribution >= 0.6 is 11.6 Å². The Balaban J connectivity index is 1.44. The predicted octanol–water partition coefficient (Wildman–Crippen LogP) is 3.50. The van der Waals surface area contributed by atoms with E-state index in [1.165, 1.54) is 0 Å². The van der Waals surface area contributed by atoms with Crippen molar-refractivity contribution in [1.29, 1.82) is 0 Å². The Morgan fingerprint density at radius 3 is 2.70 bits per heavy atom. The monoisotopic (exact) mass is 380 g/mol. The van der Waals surface area contributed by atoms with Crippen molar-refractivity contribution in [3.63, 3.8) is 0 Å². The summed E-state index contributed by atoms with van der Waals surface area (Å²) in [4.78, 5) is 18.5. The van der Waals surface area contributed by atoms with Crippen LogP contribution in [0.1, 0.15) is 29.1 Å². The van der Waals surface area contributed by atoms with E-state index in [4.69, 9.17) is 16.0 Å². The molecular weight excluding hydrogens is 364 g/mol. The highest BCUT2D eigenvalue weighted by Crippen LogP contribution is 2.24. The number of benzene rings is 2. The highest BCUT2D eigenvalue weighted by Gasteiger charge is 2.34. The second-order valence-corrected chi connectivity index (χ2v) is 7.01. The van der Waals surface area contributed by atoms with Crippen molar-refractivity contribution in [3.05, 3.63) is 65.0 Å². The zero-order chi connectivity index (χ0) is 18.9. The van der Waals surface area contributed by atoms with Crippen LogP contribution < -0.4 is 0 Å². The van der Waals surface area contributed by atoms with Crippen molar-refractivity contribution in [1.82, 2.24) is 9.88 Å². The van der Waals surface area contributed by atoms with Gasteiger partial charge in [0.1, 0.15) is 11.1 Å². The van der Waals surface area contributed by atoms with Crippen LogP contribution in [-0.4, -0.2) is 39.6 Å². The molecule has 2 aromatic carbocycles. The highest BCUT2D eigenvalue weighted by atomic mass is 35.5. The number of halogens is 1. The summed E-state index contributed by atoms with van der Waals surface area (Å²) in [5.74, 6) is 5.71. The first-order valence-corrected chi connectivity index (χ1v) is 9.06. The third kappa shape index (κ3) is 3.82. The van der Waals surface area contributed by atoms with Gasteiger partial charge in [0.15, 0.2) is 5.58 Å². The number of likely N-dealkylation sites (tertiary alicyclic amines) is 1. The molecule has 6 heteroatoms. The quantitative estimate of drug-likeness (QED) is 0.656. The normalized spacial score (nSPS) is 16.0. The lowest BCUT2D eigenvalue weighted by atomic mass is 9.91. The minimum atomic E-state index is -1.12. The van der Waals surface area contributed by atoms with Gasteiger partial charge in [-0.2, -0.15) is 0 Å². The molecule has 136 valence electrons. The van der Waals surface area contributed by atoms with Gasteiger partial charge >= 0.3 is 5.91 Å². The number of oxazole rings is 1. The maximum absolute atomic E-state index is 12.6. The van der Waals surface area contributed by atoms with E-state index in [2.05, 4.69) is 16.8 Å². The highest BCUT2D eigenvalue weighted by molar-refractivity contribution is 6.30. The molecular formula is C21H17ClN2O3. The number of hydrogen-bond acceptors (Lipinski definition) is 4. The fourth-order valence-corrected chi connectivity index (χ4v) is 3.25. The molecule has 1 aliphatic heterocycles. The minimum absolute atomic E-state index is 0.0756. The van der Waals surface area contributed by atoms with Gasteiger partial charge < -0.3 is 14.4 Å². The molecule has 2 heterocycles. The van der Waals surface area contributed by atoms with Crippen LogP contribution in [-0.2, 0) is 0 Å². The maximum atomic E-state index is 12.6. The average Bonchev–Trinajstić information content (AvgIpc) is 3.11. The number of amides is 1. The minimum Gasteiger partial charge on any atom is -0.432 e. The topological polar surface area (TPSA) is 66.6 Å². The van der Waals surface area contributed by atoms with Gasteiger partial charge in [-0.05, 0) is 30.3 Å². The third-order valence-corrected chi connectivity index (χ3v) is 4.85. The summed E-state index contributed by atoms with van der Waals surface area (Å²) in [6, 6.07) is 14.4. The van der Waals surface area contributed by atoms with E-state index >= 15 is 0 Å². The lowest BCUT2D eigenvalue weighted by Gasteiger charge is -2.34. The SMILES string of the molecule is O=C(c1nc2ccccc2o1)N1CCC(O)(C#Cc2cccc(Cl)c2)CC1. The number of aliphatic hydroxyl groups is 1. The largest absolute Gasteiger partial charge is 0.432 e. The van der Waals surface area contributed by atoms with Crippen molar-refractivity contribution in [2.75, 3.05) is 13.1 Å². The lowest BCUT2D eigenvalue weighted by molar-refractivity contribution is 0.0231. The molecule has 0 saturated carbocycles. The van der Waals surface area contributed by atoms with Crippen LogP contribution in [0.3, 0.4) is 0 Å². The van der Waals surface area contributed by atoms with Gasteiger partial charge in [0, 0.05) is 36.5 Å². The summed E-state index contributed by atoms with van der Waals surface area (Å²) in [5, 5.41) is 11.3. The summed E-state index contributed by atoms with van der Waals surface area (Å²) in [5.41, 5.74) is 0.866. The van der Waals surface area contributed by atoms with Gasteiger partial charge in [-0.25, -0.2) is 4.98 Å². The predicted molar refractivity (Wildman–Crippen MR) is 102 cm³/mol. The first kappa shape index (κ1) is 17.6. The van der Waals surface area contributed by atoms with E-state index < -0.39 is 5.60 Å². The Morgan fingerprint density at radius 2 is 1.96 bits per heavy atom. The molecule has 0 bridgehead atoms. The molecule has 1 amide bonds. The molecule has 1 saturated heterocycles. The molecule has 3 aromatic rings. The molecule has 4 rings (SSSR count). The Hall–Kier alpha value is -2.81. The average molecular weight is 381 g/mol. The molecule has 0 spiro atoms. The zero-order valence-corrected chi connectivity index (χ0v) is 15.2. The fraction of sp³-hybridized carbons (Fsp3) is 0.238. The number of rotatable bonds is 1. The summed E-state index contributed by atoms with van der Waals surface area (Å²) >= 11 is 5.95. The third-order valence-electron chi connectivity index (χ3n) is 4.62. The lowest BCUT2D eigenvalue weighted by Crippen LogP contribution is -2.46. The number of carbonyl (C=O) groups excluding carboxylic acids is 1. The van der Waals surface area contributed by atoms with Crippen LogP contribution in [0.15, 0.2) is 52.9 Å². The molecule has 0 radical (unpaired) electrons. The number of para-hydroxylation sites is 2. The second-order valence-electron chi connectivity index (χ2n) is 6.57. The molecule has 1 fully saturated rings. The van der Waals surface area contributed by atoms with Crippen molar-refractivity contribution >= 4 is 28.6 Å². The summed E-state index contributed by atoms with van der Waals surface area (Å²) in [6.07, 6.45) is 0.735. The number of nitrogens with zero attached hydrogens (tertiary/aromatic N) is 2. The molecule has 27 heavy (non-hydrogen) atoms. The number of carbonyl (C=O) groups is 1. The molecule has 0 atom stereocenters. The number of piperidine rings is 1. The Bertz CT molecular complexity index is 1020. The van der Waals surface area contributed by atoms with Crippen molar-refractivity contribution in [2.45, 2.75) is 18.4 Å². The van der Waals surface area contributed by atoms with E-state index in [1.54, 1.807) is 29.2 Å². The fourth-order valence-electron chi connectivity index (χ4n) is 3.06. The van der Waals surface area contributed by atoms with Gasteiger partial charge in [-0.15, -0.1) is 0 Å². The Kier molecular flexibility index (Phi) is 4.61. The van der Waals surface area contributed by atoms with Crippen LogP contribution in [0.4, 0.5) is 0 Å². The van der Waals surface area contributed by atoms with Crippen molar-refractivity contribution in [3.8, 4) is 11.8 Å². The number of hydrogen-bond donors (Lipinski definition) is 1. The summed E-state index contributed by atoms with van der Waals surface area (Å²) in [7, 11) is 0. The number of aromatic nitrogens is 1. The van der Waals surface area contributed by atoms with E-state index in [0.29, 0.717) is 42.1 Å². The van der Waals surface area contributed by atoms with Gasteiger partial charge in [0.05, 0.1) is 0 Å². The van der Waals surface area contributed by atoms with Gasteiger partial charge in [0.25, 0.3) is 5.89 Å². The molecule has 1 N–H and O–H groups in total. The Labute approximate surface area is 161 Å². The molecule has 5 nitrogen and oxygen atoms in total. The smallest absolute Gasteiger partial charge is 0.309 e. The molecule has 0 unspecified atom stereocenters. The van der Waals surface area contributed by atoms with E-state index in [1.807, 2.05) is 24.3 Å². The molecule has 1 aromatic heterocycles. The van der Waals surface area contributed by atoms with Crippen molar-refractivity contribution in [2.24, 2.45) is 0 Å². The maximum Gasteiger partial charge on any atom is 0.309 e. The first-order chi connectivity index (χ1) is 13.0. The first-order valence-electron chi connectivity index (χ1n) is 8.68. The summed E-state index contributed by atoms with van der Waals surface area (Å²) in [6.45, 7) is 0.774. The van der Waals surface area contributed by atoms with Gasteiger partial charge in [-0.1, -0.05) is 41.6 Å². The Morgan fingerprint density at radius 1 is 1.19 bits per heavy atom.